The Kier molecular flexibility index (Phi) is 12.3. The highest BCUT2D eigenvalue weighted by molar-refractivity contribution is 4.74. The molecule has 1 aliphatic rings. The molecule has 0 aromatic carbocycles. The Bertz CT molecular complexity index is 53.9. The van der Waals surface area contributed by atoms with Crippen molar-refractivity contribution in [2.24, 2.45) is 5.92 Å². The molecule has 0 aromatic heterocycles. The Morgan fingerprint density at radius 3 is 1.55 bits per heavy atom. The Morgan fingerprint density at radius 2 is 1.45 bits per heavy atom. The molecule has 0 spiro atoms. The maximum atomic E-state index is 3.37. The third kappa shape index (κ3) is 7.86. The zero-order valence-corrected chi connectivity index (χ0v) is 9.07. The van der Waals surface area contributed by atoms with E-state index in [4.69, 9.17) is 0 Å². The number of nitrogens with one attached hydrogen (secondary N) is 1. The van der Waals surface area contributed by atoms with E-state index in [1.165, 1.54) is 13.0 Å². The van der Waals surface area contributed by atoms with Gasteiger partial charge in [0.1, 0.15) is 0 Å². The predicted molar refractivity (Wildman–Crippen MR) is 53.9 cm³/mol. The van der Waals surface area contributed by atoms with Gasteiger partial charge in [-0.25, -0.2) is 0 Å². The molecule has 11 heavy (non-hydrogen) atoms. The smallest absolute Gasteiger partial charge is 0.00418 e. The van der Waals surface area contributed by atoms with E-state index in [9.17, 15) is 0 Å². The minimum atomic E-state index is 0.773. The Labute approximate surface area is 72.6 Å². The topological polar surface area (TPSA) is 12.0 Å². The monoisotopic (exact) mass is 159 g/mol. The van der Waals surface area contributed by atoms with Gasteiger partial charge in [0.15, 0.2) is 0 Å². The summed E-state index contributed by atoms with van der Waals surface area (Å²) in [5.41, 5.74) is 0. The summed E-state index contributed by atoms with van der Waals surface area (Å²) >= 11 is 0. The van der Waals surface area contributed by atoms with Crippen molar-refractivity contribution in [3.05, 3.63) is 0 Å². The van der Waals surface area contributed by atoms with E-state index in [1.54, 1.807) is 0 Å². The normalized spacial score (nSPS) is 27.8. The van der Waals surface area contributed by atoms with Gasteiger partial charge in [0.25, 0.3) is 0 Å². The molecule has 1 N–H and O–H groups in total. The lowest BCUT2D eigenvalue weighted by Gasteiger charge is -1.96. The molecule has 1 aliphatic heterocycles. The van der Waals surface area contributed by atoms with Crippen LogP contribution >= 0.6 is 0 Å². The molecule has 0 amide bonds. The van der Waals surface area contributed by atoms with E-state index < -0.39 is 0 Å². The summed E-state index contributed by atoms with van der Waals surface area (Å²) in [4.78, 5) is 0. The van der Waals surface area contributed by atoms with Gasteiger partial charge in [-0.2, -0.15) is 0 Å². The molecule has 1 saturated heterocycles. The van der Waals surface area contributed by atoms with E-state index >= 15 is 0 Å². The predicted octanol–water partition coefficient (Wildman–Crippen LogP) is 3.06. The Balaban J connectivity index is 0. The maximum absolute atomic E-state index is 3.37. The second-order valence-corrected chi connectivity index (χ2v) is 2.65. The Hall–Kier alpha value is -0.0400. The molecule has 0 saturated carbocycles. The highest BCUT2D eigenvalue weighted by Crippen LogP contribution is 2.10. The highest BCUT2D eigenvalue weighted by atomic mass is 14.9. The highest BCUT2D eigenvalue weighted by Gasteiger charge is 2.14. The maximum Gasteiger partial charge on any atom is 0.00418 e. The molecule has 0 bridgehead atoms. The fraction of sp³-hybridized carbons (Fsp3) is 1.00. The second-order valence-electron chi connectivity index (χ2n) is 2.65. The fourth-order valence-electron chi connectivity index (χ4n) is 1.17. The van der Waals surface area contributed by atoms with Gasteiger partial charge in [-0.05, 0) is 25.8 Å². The summed E-state index contributed by atoms with van der Waals surface area (Å²) in [6.45, 7) is 13.8. The third-order valence-electron chi connectivity index (χ3n) is 1.57. The molecule has 1 heteroatoms. The van der Waals surface area contributed by atoms with Gasteiger partial charge < -0.3 is 5.32 Å². The summed E-state index contributed by atoms with van der Waals surface area (Å²) in [6.07, 6.45) is 1.36. The van der Waals surface area contributed by atoms with Crippen LogP contribution in [0.25, 0.3) is 0 Å². The van der Waals surface area contributed by atoms with Gasteiger partial charge in [-0.15, -0.1) is 0 Å². The van der Waals surface area contributed by atoms with Crippen LogP contribution in [0.2, 0.25) is 0 Å². The lowest BCUT2D eigenvalue weighted by molar-refractivity contribution is 0.622. The van der Waals surface area contributed by atoms with Gasteiger partial charge in [0, 0.05) is 6.04 Å². The van der Waals surface area contributed by atoms with Crippen LogP contribution in [0, 0.1) is 5.92 Å². The van der Waals surface area contributed by atoms with E-state index in [1.807, 2.05) is 27.7 Å². The van der Waals surface area contributed by atoms with Crippen molar-refractivity contribution in [3.63, 3.8) is 0 Å². The van der Waals surface area contributed by atoms with Crippen LogP contribution in [0.15, 0.2) is 0 Å². The van der Waals surface area contributed by atoms with E-state index in [2.05, 4.69) is 19.2 Å². The lowest BCUT2D eigenvalue weighted by atomic mass is 10.1. The summed E-state index contributed by atoms with van der Waals surface area (Å²) < 4.78 is 0. The molecular formula is C10H25N. The van der Waals surface area contributed by atoms with Crippen molar-refractivity contribution < 1.29 is 0 Å². The minimum absolute atomic E-state index is 0.773. The van der Waals surface area contributed by atoms with Crippen molar-refractivity contribution in [1.29, 1.82) is 0 Å². The van der Waals surface area contributed by atoms with Crippen LogP contribution in [-0.2, 0) is 0 Å². The fourth-order valence-corrected chi connectivity index (χ4v) is 1.17. The Morgan fingerprint density at radius 1 is 1.00 bits per heavy atom. The first kappa shape index (κ1) is 13.5. The van der Waals surface area contributed by atoms with Gasteiger partial charge >= 0.3 is 0 Å². The minimum Gasteiger partial charge on any atom is -0.314 e. The number of rotatable bonds is 0. The van der Waals surface area contributed by atoms with E-state index in [-0.39, 0.29) is 0 Å². The van der Waals surface area contributed by atoms with Gasteiger partial charge in [0.2, 0.25) is 0 Å². The zero-order valence-electron chi connectivity index (χ0n) is 9.07. The summed E-state index contributed by atoms with van der Waals surface area (Å²) in [5, 5.41) is 3.37. The first-order valence-corrected chi connectivity index (χ1v) is 5.02. The van der Waals surface area contributed by atoms with Gasteiger partial charge in [-0.3, -0.25) is 0 Å². The summed E-state index contributed by atoms with van der Waals surface area (Å²) in [6, 6.07) is 0.773. The molecule has 70 valence electrons. The van der Waals surface area contributed by atoms with E-state index in [0.29, 0.717) is 0 Å². The largest absolute Gasteiger partial charge is 0.314 e. The quantitative estimate of drug-likeness (QED) is 0.573. The molecule has 0 radical (unpaired) electrons. The zero-order chi connectivity index (χ0) is 9.28. The van der Waals surface area contributed by atoms with Crippen LogP contribution in [0.4, 0.5) is 0 Å². The SMILES string of the molecule is CC.CC.CC1CNC(C)C1. The lowest BCUT2D eigenvalue weighted by Crippen LogP contribution is -2.16. The van der Waals surface area contributed by atoms with Gasteiger partial charge in [0.05, 0.1) is 0 Å². The first-order chi connectivity index (χ1) is 5.29. The van der Waals surface area contributed by atoms with Crippen molar-refractivity contribution >= 4 is 0 Å². The molecule has 0 aliphatic carbocycles. The molecule has 1 heterocycles. The molecular weight excluding hydrogens is 134 g/mol. The second kappa shape index (κ2) is 9.96. The summed E-state index contributed by atoms with van der Waals surface area (Å²) in [5.74, 6) is 0.912. The van der Waals surface area contributed by atoms with Crippen LogP contribution in [0.5, 0.6) is 0 Å². The van der Waals surface area contributed by atoms with Crippen LogP contribution in [-0.4, -0.2) is 12.6 Å². The van der Waals surface area contributed by atoms with Crippen molar-refractivity contribution in [2.45, 2.75) is 54.0 Å². The molecule has 0 aromatic rings. The van der Waals surface area contributed by atoms with Crippen molar-refractivity contribution in [1.82, 2.24) is 5.32 Å². The van der Waals surface area contributed by atoms with E-state index in [0.717, 1.165) is 12.0 Å². The average molecular weight is 159 g/mol. The average Bonchev–Trinajstić information content (AvgIpc) is 2.43. The molecule has 1 nitrogen and oxygen atoms in total. The molecule has 2 atom stereocenters. The van der Waals surface area contributed by atoms with Crippen LogP contribution in [0.3, 0.4) is 0 Å². The standard InChI is InChI=1S/C6H13N.2C2H6/c1-5-3-6(2)7-4-5;2*1-2/h5-7H,3-4H2,1-2H3;2*1-2H3. The molecule has 2 unspecified atom stereocenters. The number of hydrogen-bond donors (Lipinski definition) is 1. The summed E-state index contributed by atoms with van der Waals surface area (Å²) in [7, 11) is 0. The number of hydrogen-bond acceptors (Lipinski definition) is 1. The van der Waals surface area contributed by atoms with Crippen LogP contribution in [0.1, 0.15) is 48.0 Å². The van der Waals surface area contributed by atoms with Crippen molar-refractivity contribution in [3.8, 4) is 0 Å². The van der Waals surface area contributed by atoms with Gasteiger partial charge in [-0.1, -0.05) is 34.6 Å². The molecule has 1 rings (SSSR count). The first-order valence-electron chi connectivity index (χ1n) is 5.02. The van der Waals surface area contributed by atoms with Crippen LogP contribution < -0.4 is 5.32 Å². The third-order valence-corrected chi connectivity index (χ3v) is 1.57. The van der Waals surface area contributed by atoms with Crippen molar-refractivity contribution in [2.75, 3.05) is 6.54 Å². The molecule has 1 fully saturated rings.